The van der Waals surface area contributed by atoms with Crippen LogP contribution in [-0.4, -0.2) is 49.2 Å². The Bertz CT molecular complexity index is 543. The van der Waals surface area contributed by atoms with Crippen molar-refractivity contribution in [2.24, 2.45) is 0 Å². The van der Waals surface area contributed by atoms with Crippen LogP contribution in [0.1, 0.15) is 20.8 Å². The average Bonchev–Trinajstić information content (AvgIpc) is 2.42. The van der Waals surface area contributed by atoms with Gasteiger partial charge in [0.15, 0.2) is 0 Å². The molecular weight excluding hydrogens is 364 g/mol. The maximum Gasteiger partial charge on any atom is 0.410 e. The van der Waals surface area contributed by atoms with E-state index in [2.05, 4.69) is 21.2 Å². The lowest BCUT2D eigenvalue weighted by atomic mass is 10.2. The number of ether oxygens (including phenoxy) is 2. The number of carbonyl (C=O) groups excluding carboxylic acids is 2. The summed E-state index contributed by atoms with van der Waals surface area (Å²) < 4.78 is 11.6. The normalized spacial score (nSPS) is 10.8. The molecule has 6 nitrogen and oxygen atoms in total. The highest BCUT2D eigenvalue weighted by Crippen LogP contribution is 2.17. The molecule has 0 heterocycles. The Kier molecular flexibility index (Phi) is 7.35. The van der Waals surface area contributed by atoms with Gasteiger partial charge in [0.2, 0.25) is 5.91 Å². The Morgan fingerprint density at radius 2 is 2.00 bits per heavy atom. The van der Waals surface area contributed by atoms with E-state index in [0.29, 0.717) is 13.2 Å². The van der Waals surface area contributed by atoms with Gasteiger partial charge >= 0.3 is 6.09 Å². The Balaban J connectivity index is 2.25. The van der Waals surface area contributed by atoms with Crippen LogP contribution in [0.25, 0.3) is 0 Å². The van der Waals surface area contributed by atoms with E-state index in [1.807, 2.05) is 24.3 Å². The van der Waals surface area contributed by atoms with Gasteiger partial charge in [0.05, 0.1) is 6.54 Å². The van der Waals surface area contributed by atoms with E-state index in [1.54, 1.807) is 20.8 Å². The van der Waals surface area contributed by atoms with Crippen LogP contribution in [0, 0.1) is 0 Å². The number of benzene rings is 1. The highest BCUT2D eigenvalue weighted by Gasteiger charge is 2.20. The van der Waals surface area contributed by atoms with Crippen LogP contribution in [0.5, 0.6) is 5.75 Å². The van der Waals surface area contributed by atoms with Gasteiger partial charge in [-0.15, -0.1) is 0 Å². The van der Waals surface area contributed by atoms with Gasteiger partial charge in [-0.3, -0.25) is 4.79 Å². The van der Waals surface area contributed by atoms with Crippen LogP contribution in [-0.2, 0) is 9.53 Å². The first-order valence-electron chi connectivity index (χ1n) is 7.26. The molecule has 23 heavy (non-hydrogen) atoms. The van der Waals surface area contributed by atoms with Crippen molar-refractivity contribution in [2.45, 2.75) is 26.4 Å². The highest BCUT2D eigenvalue weighted by molar-refractivity contribution is 9.10. The average molecular weight is 387 g/mol. The number of rotatable bonds is 6. The number of nitrogens with zero attached hydrogens (tertiary/aromatic N) is 1. The molecule has 0 unspecified atom stereocenters. The molecule has 0 aliphatic carbocycles. The molecule has 0 aliphatic rings. The van der Waals surface area contributed by atoms with E-state index in [1.165, 1.54) is 11.9 Å². The Morgan fingerprint density at radius 1 is 1.30 bits per heavy atom. The molecule has 2 amide bonds. The molecule has 1 aromatic rings. The lowest BCUT2D eigenvalue weighted by Gasteiger charge is -2.24. The molecule has 1 N–H and O–H groups in total. The standard InChI is InChI=1S/C16H23BrN2O4/c1-16(2,3)23-15(21)19(4)11-14(20)18-8-9-22-13-7-5-6-12(17)10-13/h5-7,10H,8-9,11H2,1-4H3,(H,18,20). The van der Waals surface area contributed by atoms with Crippen molar-refractivity contribution in [1.82, 2.24) is 10.2 Å². The van der Waals surface area contributed by atoms with Gasteiger partial charge < -0.3 is 19.7 Å². The van der Waals surface area contributed by atoms with Gasteiger partial charge in [-0.25, -0.2) is 4.79 Å². The second-order valence-corrected chi connectivity index (χ2v) is 6.91. The van der Waals surface area contributed by atoms with Crippen LogP contribution in [0.4, 0.5) is 4.79 Å². The number of carbonyl (C=O) groups is 2. The second kappa shape index (κ2) is 8.76. The predicted octanol–water partition coefficient (Wildman–Crippen LogP) is 2.81. The third-order valence-electron chi connectivity index (χ3n) is 2.57. The third-order valence-corrected chi connectivity index (χ3v) is 3.07. The number of halogens is 1. The molecule has 0 spiro atoms. The van der Waals surface area contributed by atoms with Crippen molar-refractivity contribution in [1.29, 1.82) is 0 Å². The van der Waals surface area contributed by atoms with Gasteiger partial charge in [-0.05, 0) is 39.0 Å². The molecular formula is C16H23BrN2O4. The third kappa shape index (κ3) is 8.44. The highest BCUT2D eigenvalue weighted by atomic mass is 79.9. The smallest absolute Gasteiger partial charge is 0.410 e. The first kappa shape index (κ1) is 19.3. The van der Waals surface area contributed by atoms with E-state index in [4.69, 9.17) is 9.47 Å². The fourth-order valence-corrected chi connectivity index (χ4v) is 1.97. The summed E-state index contributed by atoms with van der Waals surface area (Å²) >= 11 is 3.36. The molecule has 0 radical (unpaired) electrons. The molecule has 0 fully saturated rings. The number of hydrogen-bond acceptors (Lipinski definition) is 4. The van der Waals surface area contributed by atoms with E-state index >= 15 is 0 Å². The largest absolute Gasteiger partial charge is 0.492 e. The molecule has 1 rings (SSSR count). The summed E-state index contributed by atoms with van der Waals surface area (Å²) in [6.07, 6.45) is -0.530. The molecule has 7 heteroatoms. The molecule has 0 saturated carbocycles. The number of hydrogen-bond donors (Lipinski definition) is 1. The summed E-state index contributed by atoms with van der Waals surface area (Å²) in [6.45, 7) is 5.96. The number of amides is 2. The zero-order valence-corrected chi connectivity index (χ0v) is 15.5. The molecule has 1 aromatic carbocycles. The maximum atomic E-state index is 11.8. The summed E-state index contributed by atoms with van der Waals surface area (Å²) in [6, 6.07) is 7.45. The van der Waals surface area contributed by atoms with E-state index in [9.17, 15) is 9.59 Å². The van der Waals surface area contributed by atoms with Gasteiger partial charge in [0.25, 0.3) is 0 Å². The summed E-state index contributed by atoms with van der Waals surface area (Å²) in [5.41, 5.74) is -0.584. The summed E-state index contributed by atoms with van der Waals surface area (Å²) in [7, 11) is 1.52. The van der Waals surface area contributed by atoms with E-state index in [0.717, 1.165) is 10.2 Å². The number of likely N-dealkylation sites (N-methyl/N-ethyl adjacent to an activating group) is 1. The topological polar surface area (TPSA) is 67.9 Å². The van der Waals surface area contributed by atoms with Crippen LogP contribution in [0.15, 0.2) is 28.7 Å². The fraction of sp³-hybridized carbons (Fsp3) is 0.500. The van der Waals surface area contributed by atoms with E-state index < -0.39 is 11.7 Å². The molecule has 0 saturated heterocycles. The van der Waals surface area contributed by atoms with Crippen molar-refractivity contribution < 1.29 is 19.1 Å². The van der Waals surface area contributed by atoms with Crippen molar-refractivity contribution in [3.05, 3.63) is 28.7 Å². The van der Waals surface area contributed by atoms with Crippen molar-refractivity contribution >= 4 is 27.9 Å². The lowest BCUT2D eigenvalue weighted by Crippen LogP contribution is -2.41. The maximum absolute atomic E-state index is 11.8. The van der Waals surface area contributed by atoms with E-state index in [-0.39, 0.29) is 12.5 Å². The monoisotopic (exact) mass is 386 g/mol. The molecule has 0 aromatic heterocycles. The van der Waals surface area contributed by atoms with Gasteiger partial charge in [0.1, 0.15) is 24.5 Å². The van der Waals surface area contributed by atoms with Crippen LogP contribution >= 0.6 is 15.9 Å². The quantitative estimate of drug-likeness (QED) is 0.763. The van der Waals surface area contributed by atoms with Crippen LogP contribution < -0.4 is 10.1 Å². The minimum Gasteiger partial charge on any atom is -0.492 e. The Morgan fingerprint density at radius 3 is 2.61 bits per heavy atom. The summed E-state index contributed by atoms with van der Waals surface area (Å²) in [5.74, 6) is 0.454. The van der Waals surface area contributed by atoms with Gasteiger partial charge in [-0.2, -0.15) is 0 Å². The zero-order valence-electron chi connectivity index (χ0n) is 13.9. The Hall–Kier alpha value is -1.76. The first-order valence-corrected chi connectivity index (χ1v) is 8.06. The summed E-state index contributed by atoms with van der Waals surface area (Å²) in [5, 5.41) is 2.69. The molecule has 0 bridgehead atoms. The zero-order chi connectivity index (χ0) is 17.5. The van der Waals surface area contributed by atoms with Gasteiger partial charge in [0, 0.05) is 11.5 Å². The number of nitrogens with one attached hydrogen (secondary N) is 1. The van der Waals surface area contributed by atoms with Crippen molar-refractivity contribution in [3.8, 4) is 5.75 Å². The molecule has 0 atom stereocenters. The molecule has 128 valence electrons. The minimum atomic E-state index is -0.584. The lowest BCUT2D eigenvalue weighted by molar-refractivity contribution is -0.122. The fourth-order valence-electron chi connectivity index (χ4n) is 1.59. The second-order valence-electron chi connectivity index (χ2n) is 5.99. The molecule has 0 aliphatic heterocycles. The first-order chi connectivity index (χ1) is 10.7. The van der Waals surface area contributed by atoms with Crippen LogP contribution in [0.3, 0.4) is 0 Å². The SMILES string of the molecule is CN(CC(=O)NCCOc1cccc(Br)c1)C(=O)OC(C)(C)C. The summed E-state index contributed by atoms with van der Waals surface area (Å²) in [4.78, 5) is 24.7. The Labute approximate surface area is 145 Å². The minimum absolute atomic E-state index is 0.0637. The predicted molar refractivity (Wildman–Crippen MR) is 91.5 cm³/mol. The van der Waals surface area contributed by atoms with Crippen molar-refractivity contribution in [3.63, 3.8) is 0 Å². The van der Waals surface area contributed by atoms with Crippen LogP contribution in [0.2, 0.25) is 0 Å². The van der Waals surface area contributed by atoms with Crippen molar-refractivity contribution in [2.75, 3.05) is 26.7 Å². The van der Waals surface area contributed by atoms with Gasteiger partial charge in [-0.1, -0.05) is 22.0 Å².